The highest BCUT2D eigenvalue weighted by molar-refractivity contribution is 5.56. The van der Waals surface area contributed by atoms with Crippen LogP contribution < -0.4 is 5.32 Å². The molecule has 0 saturated carbocycles. The van der Waals surface area contributed by atoms with E-state index >= 15 is 0 Å². The van der Waals surface area contributed by atoms with Gasteiger partial charge >= 0.3 is 0 Å². The summed E-state index contributed by atoms with van der Waals surface area (Å²) in [4.78, 5) is 4.37. The zero-order valence-electron chi connectivity index (χ0n) is 11.8. The normalized spacial score (nSPS) is 21.1. The van der Waals surface area contributed by atoms with Crippen molar-refractivity contribution in [1.82, 2.24) is 4.98 Å². The molecule has 0 bridgehead atoms. The third-order valence-electron chi connectivity index (χ3n) is 3.02. The van der Waals surface area contributed by atoms with E-state index in [1.807, 2.05) is 33.8 Å². The summed E-state index contributed by atoms with van der Waals surface area (Å²) in [6.45, 7) is 8.74. The highest BCUT2D eigenvalue weighted by atomic mass is 16.7. The smallest absolute Gasteiger partial charge is 0.163 e. The molecule has 1 aliphatic rings. The topological polar surface area (TPSA) is 67.2 Å². The Labute approximate surface area is 113 Å². The van der Waals surface area contributed by atoms with Gasteiger partial charge in [0.1, 0.15) is 18.0 Å². The van der Waals surface area contributed by atoms with Crippen LogP contribution in [0.5, 0.6) is 0 Å². The Balaban J connectivity index is 2.06. The first kappa shape index (κ1) is 13.8. The molecule has 1 aromatic heterocycles. The highest BCUT2D eigenvalue weighted by Gasteiger charge is 2.32. The van der Waals surface area contributed by atoms with Crippen LogP contribution in [-0.2, 0) is 9.47 Å². The largest absolute Gasteiger partial charge is 0.366 e. The molecule has 1 aromatic rings. The van der Waals surface area contributed by atoms with Gasteiger partial charge in [-0.15, -0.1) is 0 Å². The molecular formula is C14H19N3O2. The molecule has 0 aliphatic carbocycles. The number of ether oxygens (including phenoxy) is 2. The lowest BCUT2D eigenvalue weighted by molar-refractivity contribution is -0.136. The Bertz CT molecular complexity index is 520. The van der Waals surface area contributed by atoms with Crippen LogP contribution in [0.4, 0.5) is 5.82 Å². The predicted octanol–water partition coefficient (Wildman–Crippen LogP) is 2.13. The van der Waals surface area contributed by atoms with Gasteiger partial charge in [-0.05, 0) is 39.3 Å². The molecule has 0 radical (unpaired) electrons. The van der Waals surface area contributed by atoms with E-state index in [0.29, 0.717) is 24.5 Å². The maximum absolute atomic E-state index is 9.18. The molecule has 0 amide bonds. The second kappa shape index (κ2) is 5.16. The van der Waals surface area contributed by atoms with Gasteiger partial charge in [0.25, 0.3) is 0 Å². The molecule has 1 fully saturated rings. The van der Waals surface area contributed by atoms with Gasteiger partial charge in [-0.3, -0.25) is 0 Å². The van der Waals surface area contributed by atoms with Gasteiger partial charge in [0.15, 0.2) is 5.79 Å². The summed E-state index contributed by atoms with van der Waals surface area (Å²) in [6.07, 6.45) is -0.0239. The standard InChI is InChI=1S/C14H19N3O2/c1-9-5-10(2)17-13(12(9)6-15)16-7-11-8-18-14(3,4)19-11/h5,11H,7-8H2,1-4H3,(H,16,17). The van der Waals surface area contributed by atoms with Crippen molar-refractivity contribution in [3.63, 3.8) is 0 Å². The lowest BCUT2D eigenvalue weighted by atomic mass is 10.1. The van der Waals surface area contributed by atoms with E-state index in [-0.39, 0.29) is 6.10 Å². The number of pyridine rings is 1. The maximum atomic E-state index is 9.18. The van der Waals surface area contributed by atoms with Crippen molar-refractivity contribution in [3.8, 4) is 6.07 Å². The molecule has 1 aliphatic heterocycles. The van der Waals surface area contributed by atoms with Crippen LogP contribution >= 0.6 is 0 Å². The number of rotatable bonds is 3. The van der Waals surface area contributed by atoms with Crippen LogP contribution in [0, 0.1) is 25.2 Å². The monoisotopic (exact) mass is 261 g/mol. The van der Waals surface area contributed by atoms with Crippen LogP contribution in [0.1, 0.15) is 30.7 Å². The zero-order chi connectivity index (χ0) is 14.0. The molecule has 1 atom stereocenters. The summed E-state index contributed by atoms with van der Waals surface area (Å²) in [5.74, 6) is 0.0914. The van der Waals surface area contributed by atoms with Crippen LogP contribution in [0.25, 0.3) is 0 Å². The number of hydrogen-bond acceptors (Lipinski definition) is 5. The van der Waals surface area contributed by atoms with E-state index in [9.17, 15) is 5.26 Å². The lowest BCUT2D eigenvalue weighted by Gasteiger charge is -2.18. The van der Waals surface area contributed by atoms with Crippen LogP contribution in [0.3, 0.4) is 0 Å². The molecule has 1 unspecified atom stereocenters. The second-order valence-corrected chi connectivity index (χ2v) is 5.25. The van der Waals surface area contributed by atoms with Crippen molar-refractivity contribution in [2.24, 2.45) is 0 Å². The molecule has 5 heteroatoms. The number of aryl methyl sites for hydroxylation is 2. The van der Waals surface area contributed by atoms with E-state index in [1.165, 1.54) is 0 Å². The van der Waals surface area contributed by atoms with E-state index in [0.717, 1.165) is 11.3 Å². The molecule has 2 rings (SSSR count). The SMILES string of the molecule is Cc1cc(C)c(C#N)c(NCC2COC(C)(C)O2)n1. The summed E-state index contributed by atoms with van der Waals surface area (Å²) in [5.41, 5.74) is 2.41. The molecular weight excluding hydrogens is 242 g/mol. The number of nitrogens with zero attached hydrogens (tertiary/aromatic N) is 2. The van der Waals surface area contributed by atoms with Gasteiger partial charge in [-0.2, -0.15) is 5.26 Å². The number of aromatic nitrogens is 1. The van der Waals surface area contributed by atoms with Crippen molar-refractivity contribution < 1.29 is 9.47 Å². The molecule has 1 N–H and O–H groups in total. The predicted molar refractivity (Wildman–Crippen MR) is 71.8 cm³/mol. The molecule has 5 nitrogen and oxygen atoms in total. The third kappa shape index (κ3) is 3.22. The first-order chi connectivity index (χ1) is 8.91. The van der Waals surface area contributed by atoms with Gasteiger partial charge in [0.2, 0.25) is 0 Å². The van der Waals surface area contributed by atoms with E-state index in [1.54, 1.807) is 0 Å². The Hall–Kier alpha value is -1.64. The van der Waals surface area contributed by atoms with Gasteiger partial charge < -0.3 is 14.8 Å². The summed E-state index contributed by atoms with van der Waals surface area (Å²) in [5, 5.41) is 12.4. The molecule has 2 heterocycles. The fraction of sp³-hybridized carbons (Fsp3) is 0.571. The first-order valence-corrected chi connectivity index (χ1v) is 6.35. The van der Waals surface area contributed by atoms with Crippen molar-refractivity contribution >= 4 is 5.82 Å². The molecule has 0 spiro atoms. The average molecular weight is 261 g/mol. The van der Waals surface area contributed by atoms with Crippen molar-refractivity contribution in [2.75, 3.05) is 18.5 Å². The van der Waals surface area contributed by atoms with Crippen molar-refractivity contribution in [2.45, 2.75) is 39.6 Å². The number of anilines is 1. The molecule has 0 aromatic carbocycles. The van der Waals surface area contributed by atoms with Crippen molar-refractivity contribution in [3.05, 3.63) is 22.9 Å². The number of nitrogens with one attached hydrogen (secondary N) is 1. The number of hydrogen-bond donors (Lipinski definition) is 1. The maximum Gasteiger partial charge on any atom is 0.163 e. The lowest BCUT2D eigenvalue weighted by Crippen LogP contribution is -2.26. The zero-order valence-corrected chi connectivity index (χ0v) is 11.8. The summed E-state index contributed by atoms with van der Waals surface area (Å²) in [7, 11) is 0. The van der Waals surface area contributed by atoms with Gasteiger partial charge in [-0.1, -0.05) is 0 Å². The quantitative estimate of drug-likeness (QED) is 0.902. The second-order valence-electron chi connectivity index (χ2n) is 5.25. The van der Waals surface area contributed by atoms with Gasteiger partial charge in [0.05, 0.1) is 12.2 Å². The highest BCUT2D eigenvalue weighted by Crippen LogP contribution is 2.23. The van der Waals surface area contributed by atoms with Gasteiger partial charge in [0, 0.05) is 12.2 Å². The molecule has 102 valence electrons. The van der Waals surface area contributed by atoms with Crippen molar-refractivity contribution in [1.29, 1.82) is 5.26 Å². The minimum Gasteiger partial charge on any atom is -0.366 e. The first-order valence-electron chi connectivity index (χ1n) is 6.35. The van der Waals surface area contributed by atoms with E-state index < -0.39 is 5.79 Å². The minimum atomic E-state index is -0.527. The molecule has 19 heavy (non-hydrogen) atoms. The fourth-order valence-corrected chi connectivity index (χ4v) is 2.18. The van der Waals surface area contributed by atoms with E-state index in [4.69, 9.17) is 9.47 Å². The van der Waals surface area contributed by atoms with Gasteiger partial charge in [-0.25, -0.2) is 4.98 Å². The fourth-order valence-electron chi connectivity index (χ4n) is 2.18. The third-order valence-corrected chi connectivity index (χ3v) is 3.02. The summed E-state index contributed by atoms with van der Waals surface area (Å²) < 4.78 is 11.2. The summed E-state index contributed by atoms with van der Waals surface area (Å²) >= 11 is 0. The molecule has 1 saturated heterocycles. The average Bonchev–Trinajstić information content (AvgIpc) is 2.66. The Morgan fingerprint density at radius 1 is 1.53 bits per heavy atom. The minimum absolute atomic E-state index is 0.0239. The van der Waals surface area contributed by atoms with Crippen LogP contribution in [0.15, 0.2) is 6.07 Å². The Morgan fingerprint density at radius 2 is 2.26 bits per heavy atom. The van der Waals surface area contributed by atoms with Crippen LogP contribution in [0.2, 0.25) is 0 Å². The van der Waals surface area contributed by atoms with Crippen LogP contribution in [-0.4, -0.2) is 30.0 Å². The Morgan fingerprint density at radius 3 is 2.84 bits per heavy atom. The number of nitriles is 1. The van der Waals surface area contributed by atoms with E-state index in [2.05, 4.69) is 16.4 Å². The Kier molecular flexibility index (Phi) is 3.74. The summed E-state index contributed by atoms with van der Waals surface area (Å²) in [6, 6.07) is 4.09.